The van der Waals surface area contributed by atoms with Gasteiger partial charge in [-0.25, -0.2) is 4.79 Å². The molecule has 2 saturated heterocycles. The number of ether oxygens (including phenoxy) is 1. The number of hydrogen-bond acceptors (Lipinski definition) is 4. The van der Waals surface area contributed by atoms with Gasteiger partial charge in [-0.2, -0.15) is 0 Å². The summed E-state index contributed by atoms with van der Waals surface area (Å²) in [4.78, 5) is 15.8. The van der Waals surface area contributed by atoms with E-state index in [9.17, 15) is 4.79 Å². The molecule has 1 aromatic rings. The van der Waals surface area contributed by atoms with Crippen LogP contribution in [0.25, 0.3) is 0 Å². The minimum Gasteiger partial charge on any atom is -0.443 e. The SMILES string of the molecule is NC[C@H]1CN(c2ccc(N3CCCCC3)cc2)C(=O)O1. The lowest BCUT2D eigenvalue weighted by molar-refractivity contribution is 0.145. The van der Waals surface area contributed by atoms with Gasteiger partial charge in [-0.3, -0.25) is 4.90 Å². The highest BCUT2D eigenvalue weighted by atomic mass is 16.6. The third-order valence-electron chi connectivity index (χ3n) is 4.02. The van der Waals surface area contributed by atoms with Crippen LogP contribution in [-0.4, -0.2) is 38.4 Å². The van der Waals surface area contributed by atoms with Crippen molar-refractivity contribution in [3.8, 4) is 0 Å². The smallest absolute Gasteiger partial charge is 0.414 e. The molecular formula is C15H21N3O2. The lowest BCUT2D eigenvalue weighted by Gasteiger charge is -2.29. The van der Waals surface area contributed by atoms with Gasteiger partial charge in [-0.05, 0) is 43.5 Å². The third kappa shape index (κ3) is 2.58. The summed E-state index contributed by atoms with van der Waals surface area (Å²) in [6.45, 7) is 3.16. The van der Waals surface area contributed by atoms with Crippen molar-refractivity contribution in [2.24, 2.45) is 5.73 Å². The molecule has 3 rings (SSSR count). The predicted octanol–water partition coefficient (Wildman–Crippen LogP) is 1.96. The Balaban J connectivity index is 1.71. The molecule has 2 heterocycles. The van der Waals surface area contributed by atoms with Crippen LogP contribution in [0.4, 0.5) is 16.2 Å². The summed E-state index contributed by atoms with van der Waals surface area (Å²) in [5.41, 5.74) is 7.66. The number of benzene rings is 1. The van der Waals surface area contributed by atoms with Gasteiger partial charge in [0.1, 0.15) is 6.10 Å². The van der Waals surface area contributed by atoms with Crippen molar-refractivity contribution in [2.75, 3.05) is 36.0 Å². The van der Waals surface area contributed by atoms with E-state index in [1.165, 1.54) is 24.9 Å². The van der Waals surface area contributed by atoms with Crippen molar-refractivity contribution >= 4 is 17.5 Å². The standard InChI is InChI=1S/C15H21N3O2/c16-10-14-11-18(15(19)20-14)13-6-4-12(5-7-13)17-8-2-1-3-9-17/h4-7,14H,1-3,8-11,16H2/t14-/m0/s1. The van der Waals surface area contributed by atoms with E-state index < -0.39 is 0 Å². The topological polar surface area (TPSA) is 58.8 Å². The van der Waals surface area contributed by atoms with Crippen LogP contribution < -0.4 is 15.5 Å². The highest BCUT2D eigenvalue weighted by molar-refractivity contribution is 5.90. The lowest BCUT2D eigenvalue weighted by Crippen LogP contribution is -2.29. The Labute approximate surface area is 119 Å². The molecule has 2 aliphatic rings. The van der Waals surface area contributed by atoms with Gasteiger partial charge in [0, 0.05) is 31.0 Å². The van der Waals surface area contributed by atoms with Crippen LogP contribution in [0.15, 0.2) is 24.3 Å². The van der Waals surface area contributed by atoms with Crippen molar-refractivity contribution in [1.29, 1.82) is 0 Å². The second kappa shape index (κ2) is 5.71. The first-order valence-electron chi connectivity index (χ1n) is 7.31. The Kier molecular flexibility index (Phi) is 3.78. The van der Waals surface area contributed by atoms with Crippen LogP contribution in [0, 0.1) is 0 Å². The van der Waals surface area contributed by atoms with Crippen LogP contribution in [0.2, 0.25) is 0 Å². The van der Waals surface area contributed by atoms with Crippen LogP contribution in [0.1, 0.15) is 19.3 Å². The molecule has 0 saturated carbocycles. The molecule has 1 amide bonds. The van der Waals surface area contributed by atoms with E-state index in [1.807, 2.05) is 12.1 Å². The number of hydrogen-bond donors (Lipinski definition) is 1. The first kappa shape index (κ1) is 13.2. The van der Waals surface area contributed by atoms with E-state index in [4.69, 9.17) is 10.5 Å². The summed E-state index contributed by atoms with van der Waals surface area (Å²) in [5.74, 6) is 0. The Morgan fingerprint density at radius 3 is 2.35 bits per heavy atom. The molecule has 1 atom stereocenters. The fraction of sp³-hybridized carbons (Fsp3) is 0.533. The average Bonchev–Trinajstić information content (AvgIpc) is 2.89. The van der Waals surface area contributed by atoms with Crippen LogP contribution in [-0.2, 0) is 4.74 Å². The Morgan fingerprint density at radius 2 is 1.75 bits per heavy atom. The Morgan fingerprint density at radius 1 is 1.10 bits per heavy atom. The summed E-state index contributed by atoms with van der Waals surface area (Å²) in [6, 6.07) is 8.15. The molecule has 5 heteroatoms. The molecule has 0 aromatic heterocycles. The monoisotopic (exact) mass is 275 g/mol. The van der Waals surface area contributed by atoms with Gasteiger partial charge in [0.2, 0.25) is 0 Å². The van der Waals surface area contributed by atoms with Gasteiger partial charge in [-0.1, -0.05) is 0 Å². The summed E-state index contributed by atoms with van der Waals surface area (Å²) in [7, 11) is 0. The van der Waals surface area contributed by atoms with Crippen LogP contribution in [0.5, 0.6) is 0 Å². The molecule has 108 valence electrons. The van der Waals surface area contributed by atoms with Crippen molar-refractivity contribution < 1.29 is 9.53 Å². The summed E-state index contributed by atoms with van der Waals surface area (Å²) < 4.78 is 5.18. The Hall–Kier alpha value is -1.75. The van der Waals surface area contributed by atoms with Crippen LogP contribution >= 0.6 is 0 Å². The number of amides is 1. The maximum atomic E-state index is 11.8. The molecule has 1 aromatic carbocycles. The van der Waals surface area contributed by atoms with Gasteiger partial charge in [-0.15, -0.1) is 0 Å². The van der Waals surface area contributed by atoms with E-state index in [0.29, 0.717) is 13.1 Å². The minimum atomic E-state index is -0.300. The number of piperidine rings is 1. The predicted molar refractivity (Wildman–Crippen MR) is 79.2 cm³/mol. The van der Waals surface area contributed by atoms with E-state index >= 15 is 0 Å². The molecule has 0 radical (unpaired) electrons. The number of rotatable bonds is 3. The zero-order valence-corrected chi connectivity index (χ0v) is 11.6. The van der Waals surface area contributed by atoms with Gasteiger partial charge in [0.15, 0.2) is 0 Å². The van der Waals surface area contributed by atoms with Gasteiger partial charge in [0.25, 0.3) is 0 Å². The van der Waals surface area contributed by atoms with Crippen LogP contribution in [0.3, 0.4) is 0 Å². The van der Waals surface area contributed by atoms with Gasteiger partial charge >= 0.3 is 6.09 Å². The number of carbonyl (C=O) groups is 1. The second-order valence-corrected chi connectivity index (χ2v) is 5.42. The first-order chi connectivity index (χ1) is 9.78. The van der Waals surface area contributed by atoms with Gasteiger partial charge < -0.3 is 15.4 Å². The summed E-state index contributed by atoms with van der Waals surface area (Å²) in [5, 5.41) is 0. The minimum absolute atomic E-state index is 0.190. The fourth-order valence-electron chi connectivity index (χ4n) is 2.85. The molecular weight excluding hydrogens is 254 g/mol. The van der Waals surface area contributed by atoms with Crippen molar-refractivity contribution in [2.45, 2.75) is 25.4 Å². The molecule has 0 aliphatic carbocycles. The normalized spacial score (nSPS) is 23.1. The molecule has 0 spiro atoms. The number of anilines is 2. The van der Waals surface area contributed by atoms with Gasteiger partial charge in [0.05, 0.1) is 6.54 Å². The lowest BCUT2D eigenvalue weighted by atomic mass is 10.1. The zero-order chi connectivity index (χ0) is 13.9. The number of nitrogens with two attached hydrogens (primary N) is 1. The fourth-order valence-corrected chi connectivity index (χ4v) is 2.85. The maximum absolute atomic E-state index is 11.8. The summed E-state index contributed by atoms with van der Waals surface area (Å²) in [6.07, 6.45) is 3.36. The summed E-state index contributed by atoms with van der Waals surface area (Å²) >= 11 is 0. The van der Waals surface area contributed by atoms with E-state index in [2.05, 4.69) is 17.0 Å². The van der Waals surface area contributed by atoms with E-state index in [0.717, 1.165) is 18.8 Å². The molecule has 20 heavy (non-hydrogen) atoms. The molecule has 5 nitrogen and oxygen atoms in total. The number of nitrogens with zero attached hydrogens (tertiary/aromatic N) is 2. The maximum Gasteiger partial charge on any atom is 0.414 e. The molecule has 2 aliphatic heterocycles. The van der Waals surface area contributed by atoms with Crippen molar-refractivity contribution in [1.82, 2.24) is 0 Å². The molecule has 0 unspecified atom stereocenters. The van der Waals surface area contributed by atoms with E-state index in [1.54, 1.807) is 4.90 Å². The molecule has 2 fully saturated rings. The quantitative estimate of drug-likeness (QED) is 0.916. The van der Waals surface area contributed by atoms with Crippen molar-refractivity contribution in [3.05, 3.63) is 24.3 Å². The van der Waals surface area contributed by atoms with E-state index in [-0.39, 0.29) is 12.2 Å². The number of carbonyl (C=O) groups excluding carboxylic acids is 1. The highest BCUT2D eigenvalue weighted by Gasteiger charge is 2.31. The zero-order valence-electron chi connectivity index (χ0n) is 11.6. The molecule has 0 bridgehead atoms. The Bertz CT molecular complexity index is 469. The second-order valence-electron chi connectivity index (χ2n) is 5.42. The third-order valence-corrected chi connectivity index (χ3v) is 4.02. The highest BCUT2D eigenvalue weighted by Crippen LogP contribution is 2.26. The first-order valence-corrected chi connectivity index (χ1v) is 7.31. The molecule has 2 N–H and O–H groups in total. The largest absolute Gasteiger partial charge is 0.443 e. The average molecular weight is 275 g/mol. The van der Waals surface area contributed by atoms with Crippen molar-refractivity contribution in [3.63, 3.8) is 0 Å². The number of cyclic esters (lactones) is 1.